The van der Waals surface area contributed by atoms with Gasteiger partial charge in [0.1, 0.15) is 5.75 Å². The van der Waals surface area contributed by atoms with Gasteiger partial charge in [0, 0.05) is 37.0 Å². The number of rotatable bonds is 4. The van der Waals surface area contributed by atoms with Gasteiger partial charge in [-0.3, -0.25) is 9.78 Å². The van der Waals surface area contributed by atoms with Gasteiger partial charge in [0.15, 0.2) is 0 Å². The van der Waals surface area contributed by atoms with Crippen molar-refractivity contribution in [1.29, 1.82) is 0 Å². The first-order valence-corrected chi connectivity index (χ1v) is 8.11. The molecule has 1 aromatic heterocycles. The Kier molecular flexibility index (Phi) is 4.91. The summed E-state index contributed by atoms with van der Waals surface area (Å²) in [5.41, 5.74) is 1.90. The van der Waals surface area contributed by atoms with E-state index in [1.165, 1.54) is 5.56 Å². The van der Waals surface area contributed by atoms with Crippen LogP contribution in [-0.4, -0.2) is 35.5 Å². The first kappa shape index (κ1) is 15.5. The average Bonchev–Trinajstić information content (AvgIpc) is 2.60. The highest BCUT2D eigenvalue weighted by atomic mass is 16.5. The summed E-state index contributed by atoms with van der Waals surface area (Å²) in [6.07, 6.45) is 5.45. The van der Waals surface area contributed by atoms with Gasteiger partial charge in [0.05, 0.1) is 6.61 Å². The minimum atomic E-state index is 0.0904. The molecule has 0 spiro atoms. The van der Waals surface area contributed by atoms with Gasteiger partial charge in [-0.15, -0.1) is 0 Å². The second-order valence-corrected chi connectivity index (χ2v) is 6.12. The lowest BCUT2D eigenvalue weighted by molar-refractivity contribution is 0.0633. The Balaban J connectivity index is 1.57. The number of aromatic nitrogens is 1. The molecule has 1 saturated heterocycles. The summed E-state index contributed by atoms with van der Waals surface area (Å²) >= 11 is 0. The van der Waals surface area contributed by atoms with Crippen LogP contribution >= 0.6 is 0 Å². The Morgan fingerprint density at radius 1 is 1.30 bits per heavy atom. The van der Waals surface area contributed by atoms with Gasteiger partial charge in [-0.25, -0.2) is 0 Å². The van der Waals surface area contributed by atoms with Gasteiger partial charge in [-0.1, -0.05) is 12.1 Å². The van der Waals surface area contributed by atoms with Gasteiger partial charge in [0.2, 0.25) is 0 Å². The highest BCUT2D eigenvalue weighted by Crippen LogP contribution is 2.20. The number of carbonyl (C=O) groups is 1. The molecule has 1 aliphatic rings. The van der Waals surface area contributed by atoms with E-state index in [2.05, 4.69) is 18.0 Å². The molecule has 1 atom stereocenters. The number of likely N-dealkylation sites (tertiary alicyclic amines) is 1. The maximum atomic E-state index is 12.5. The van der Waals surface area contributed by atoms with Crippen LogP contribution in [-0.2, 0) is 0 Å². The molecule has 1 fully saturated rings. The molecule has 0 N–H and O–H groups in total. The fourth-order valence-corrected chi connectivity index (χ4v) is 2.98. The van der Waals surface area contributed by atoms with E-state index in [0.717, 1.165) is 31.7 Å². The fourth-order valence-electron chi connectivity index (χ4n) is 2.98. The Hall–Kier alpha value is -2.36. The van der Waals surface area contributed by atoms with Gasteiger partial charge >= 0.3 is 0 Å². The molecular weight excluding hydrogens is 288 g/mol. The van der Waals surface area contributed by atoms with Crippen LogP contribution in [0.4, 0.5) is 0 Å². The monoisotopic (exact) mass is 310 g/mol. The molecule has 0 saturated carbocycles. The summed E-state index contributed by atoms with van der Waals surface area (Å²) in [7, 11) is 0. The summed E-state index contributed by atoms with van der Waals surface area (Å²) in [6, 6.07) is 11.6. The van der Waals surface area contributed by atoms with Crippen molar-refractivity contribution in [2.45, 2.75) is 19.8 Å². The topological polar surface area (TPSA) is 42.4 Å². The Morgan fingerprint density at radius 3 is 2.91 bits per heavy atom. The highest BCUT2D eigenvalue weighted by Gasteiger charge is 2.24. The minimum absolute atomic E-state index is 0.0904. The summed E-state index contributed by atoms with van der Waals surface area (Å²) < 4.78 is 5.91. The standard InChI is InChI=1S/C19H22N2O2/c1-15-4-2-6-18(12-15)23-14-16-5-3-11-21(13-16)19(22)17-7-9-20-10-8-17/h2,4,6-10,12,16H,3,5,11,13-14H2,1H3/t16-/m1/s1. The predicted octanol–water partition coefficient (Wildman–Crippen LogP) is 3.32. The van der Waals surface area contributed by atoms with Gasteiger partial charge in [-0.2, -0.15) is 0 Å². The quantitative estimate of drug-likeness (QED) is 0.870. The molecule has 4 heteroatoms. The van der Waals surface area contributed by atoms with E-state index < -0.39 is 0 Å². The number of hydrogen-bond donors (Lipinski definition) is 0. The van der Waals surface area contributed by atoms with E-state index in [4.69, 9.17) is 4.74 Å². The number of amides is 1. The van der Waals surface area contributed by atoms with Gasteiger partial charge in [-0.05, 0) is 49.6 Å². The molecule has 120 valence electrons. The number of aryl methyl sites for hydroxylation is 1. The molecule has 3 rings (SSSR count). The van der Waals surface area contributed by atoms with Crippen molar-refractivity contribution >= 4 is 5.91 Å². The van der Waals surface area contributed by atoms with Crippen LogP contribution < -0.4 is 4.74 Å². The number of pyridine rings is 1. The van der Waals surface area contributed by atoms with Gasteiger partial charge in [0.25, 0.3) is 5.91 Å². The van der Waals surface area contributed by atoms with Crippen LogP contribution in [0.1, 0.15) is 28.8 Å². The number of piperidine rings is 1. The minimum Gasteiger partial charge on any atom is -0.493 e. The third kappa shape index (κ3) is 4.09. The molecule has 1 aliphatic heterocycles. The van der Waals surface area contributed by atoms with Crippen molar-refractivity contribution in [3.63, 3.8) is 0 Å². The SMILES string of the molecule is Cc1cccc(OC[C@@H]2CCCN(C(=O)c3ccncc3)C2)c1. The average molecular weight is 310 g/mol. The first-order valence-electron chi connectivity index (χ1n) is 8.11. The Labute approximate surface area is 137 Å². The van der Waals surface area contributed by atoms with Crippen LogP contribution in [0.15, 0.2) is 48.8 Å². The maximum Gasteiger partial charge on any atom is 0.253 e. The number of benzene rings is 1. The largest absolute Gasteiger partial charge is 0.493 e. The van der Waals surface area contributed by atoms with Gasteiger partial charge < -0.3 is 9.64 Å². The number of hydrogen-bond acceptors (Lipinski definition) is 3. The smallest absolute Gasteiger partial charge is 0.253 e. The van der Waals surface area contributed by atoms with Crippen molar-refractivity contribution in [2.75, 3.05) is 19.7 Å². The zero-order valence-corrected chi connectivity index (χ0v) is 13.4. The van der Waals surface area contributed by atoms with Crippen molar-refractivity contribution in [1.82, 2.24) is 9.88 Å². The molecule has 2 heterocycles. The number of nitrogens with zero attached hydrogens (tertiary/aromatic N) is 2. The zero-order valence-electron chi connectivity index (χ0n) is 13.4. The van der Waals surface area contributed by atoms with Crippen molar-refractivity contribution < 1.29 is 9.53 Å². The van der Waals surface area contributed by atoms with Crippen LogP contribution in [0.2, 0.25) is 0 Å². The van der Waals surface area contributed by atoms with Crippen molar-refractivity contribution in [3.05, 3.63) is 59.9 Å². The second kappa shape index (κ2) is 7.27. The molecule has 2 aromatic rings. The van der Waals surface area contributed by atoms with Crippen LogP contribution in [0.5, 0.6) is 5.75 Å². The molecule has 1 aromatic carbocycles. The van der Waals surface area contributed by atoms with E-state index >= 15 is 0 Å². The lowest BCUT2D eigenvalue weighted by Crippen LogP contribution is -2.41. The van der Waals surface area contributed by atoms with E-state index in [0.29, 0.717) is 18.1 Å². The van der Waals surface area contributed by atoms with Crippen LogP contribution in [0.25, 0.3) is 0 Å². The Bertz CT molecular complexity index is 657. The third-order valence-corrected chi connectivity index (χ3v) is 4.21. The second-order valence-electron chi connectivity index (χ2n) is 6.12. The molecule has 1 amide bonds. The maximum absolute atomic E-state index is 12.5. The summed E-state index contributed by atoms with van der Waals surface area (Å²) in [4.78, 5) is 18.4. The third-order valence-electron chi connectivity index (χ3n) is 4.21. The highest BCUT2D eigenvalue weighted by molar-refractivity contribution is 5.94. The number of ether oxygens (including phenoxy) is 1. The predicted molar refractivity (Wildman–Crippen MR) is 89.5 cm³/mol. The van der Waals surface area contributed by atoms with E-state index in [9.17, 15) is 4.79 Å². The number of carbonyl (C=O) groups excluding carboxylic acids is 1. The van der Waals surface area contributed by atoms with E-state index in [1.807, 2.05) is 23.1 Å². The molecule has 23 heavy (non-hydrogen) atoms. The van der Waals surface area contributed by atoms with Crippen molar-refractivity contribution in [2.24, 2.45) is 5.92 Å². The van der Waals surface area contributed by atoms with Crippen LogP contribution in [0, 0.1) is 12.8 Å². The van der Waals surface area contributed by atoms with Crippen LogP contribution in [0.3, 0.4) is 0 Å². The molecule has 0 radical (unpaired) electrons. The molecule has 0 unspecified atom stereocenters. The fraction of sp³-hybridized carbons (Fsp3) is 0.368. The first-order chi connectivity index (χ1) is 11.2. The molecule has 0 aliphatic carbocycles. The van der Waals surface area contributed by atoms with E-state index in [-0.39, 0.29) is 5.91 Å². The zero-order chi connectivity index (χ0) is 16.1. The normalized spacial score (nSPS) is 17.8. The molecular formula is C19H22N2O2. The molecule has 4 nitrogen and oxygen atoms in total. The summed E-state index contributed by atoms with van der Waals surface area (Å²) in [5.74, 6) is 1.38. The van der Waals surface area contributed by atoms with Crippen molar-refractivity contribution in [3.8, 4) is 5.75 Å². The molecule has 0 bridgehead atoms. The summed E-state index contributed by atoms with van der Waals surface area (Å²) in [5, 5.41) is 0. The summed E-state index contributed by atoms with van der Waals surface area (Å²) in [6.45, 7) is 4.29. The Morgan fingerprint density at radius 2 is 2.13 bits per heavy atom. The lowest BCUT2D eigenvalue weighted by atomic mass is 9.98. The lowest BCUT2D eigenvalue weighted by Gasteiger charge is -2.32. The van der Waals surface area contributed by atoms with E-state index in [1.54, 1.807) is 24.5 Å².